The fourth-order valence-electron chi connectivity index (χ4n) is 2.95. The number of nitrogens with one attached hydrogen (secondary N) is 3. The predicted molar refractivity (Wildman–Crippen MR) is 125 cm³/mol. The third-order valence-electron chi connectivity index (χ3n) is 5.03. The van der Waals surface area contributed by atoms with Gasteiger partial charge in [0.25, 0.3) is 0 Å². The molecule has 0 heterocycles. The van der Waals surface area contributed by atoms with Gasteiger partial charge in [-0.1, -0.05) is 24.3 Å². The van der Waals surface area contributed by atoms with Gasteiger partial charge in [0.05, 0.1) is 18.6 Å². The third-order valence-corrected chi connectivity index (χ3v) is 5.03. The molecule has 0 bridgehead atoms. The number of nitrogens with two attached hydrogens (primary N) is 1. The maximum atomic E-state index is 14.8. The highest BCUT2D eigenvalue weighted by atomic mass is 19.1. The highest BCUT2D eigenvalue weighted by molar-refractivity contribution is 5.83. The van der Waals surface area contributed by atoms with Crippen LogP contribution in [0.4, 0.5) is 10.1 Å². The summed E-state index contributed by atoms with van der Waals surface area (Å²) in [6, 6.07) is 12.1. The van der Waals surface area contributed by atoms with Gasteiger partial charge in [0.1, 0.15) is 11.9 Å². The monoisotopic (exact) mass is 458 g/mol. The Morgan fingerprint density at radius 1 is 1.06 bits per heavy atom. The number of benzene rings is 2. The number of anilines is 1. The number of primary amides is 1. The SMILES string of the molecule is CC(=O)NC[C@@H](CNc1ccc(-c2ccc(CNC(C)(C)C(N)=O)cc2)c(F)c1)OC(C)=O. The topological polar surface area (TPSA) is 123 Å². The minimum atomic E-state index is -0.829. The van der Waals surface area contributed by atoms with E-state index in [1.54, 1.807) is 26.0 Å². The van der Waals surface area contributed by atoms with Crippen molar-refractivity contribution < 1.29 is 23.5 Å². The number of halogens is 1. The standard InChI is InChI=1S/C24H31FN4O4/c1-15(30)27-13-20(33-16(2)31)14-28-19-9-10-21(22(25)11-19)18-7-5-17(6-8-18)12-29-24(3,4)23(26)32/h5-11,20,28-29H,12-14H2,1-4H3,(H2,26,32)(H,27,30)/t20-/m0/s1. The van der Waals surface area contributed by atoms with Crippen molar-refractivity contribution in [1.29, 1.82) is 0 Å². The van der Waals surface area contributed by atoms with Crippen LogP contribution in [0.25, 0.3) is 11.1 Å². The van der Waals surface area contributed by atoms with Crippen molar-refractivity contribution in [2.75, 3.05) is 18.4 Å². The number of amides is 2. The first kappa shape index (κ1) is 25.8. The van der Waals surface area contributed by atoms with E-state index in [2.05, 4.69) is 16.0 Å². The zero-order valence-corrected chi connectivity index (χ0v) is 19.3. The van der Waals surface area contributed by atoms with Gasteiger partial charge in [-0.05, 0) is 43.2 Å². The Morgan fingerprint density at radius 3 is 2.27 bits per heavy atom. The number of esters is 1. The van der Waals surface area contributed by atoms with Gasteiger partial charge in [0.15, 0.2) is 0 Å². The van der Waals surface area contributed by atoms with E-state index in [9.17, 15) is 18.8 Å². The summed E-state index contributed by atoms with van der Waals surface area (Å²) in [7, 11) is 0. The summed E-state index contributed by atoms with van der Waals surface area (Å²) >= 11 is 0. The number of ether oxygens (including phenoxy) is 1. The smallest absolute Gasteiger partial charge is 0.303 e. The van der Waals surface area contributed by atoms with Gasteiger partial charge in [-0.15, -0.1) is 0 Å². The second-order valence-corrected chi connectivity index (χ2v) is 8.28. The Morgan fingerprint density at radius 2 is 1.73 bits per heavy atom. The molecule has 0 aromatic heterocycles. The van der Waals surface area contributed by atoms with Crippen LogP contribution in [0, 0.1) is 5.82 Å². The lowest BCUT2D eigenvalue weighted by Gasteiger charge is -2.22. The second-order valence-electron chi connectivity index (χ2n) is 8.28. The molecule has 9 heteroatoms. The number of carbonyl (C=O) groups excluding carboxylic acids is 3. The number of hydrogen-bond donors (Lipinski definition) is 4. The average molecular weight is 459 g/mol. The molecule has 0 radical (unpaired) electrons. The first-order chi connectivity index (χ1) is 15.5. The normalized spacial score (nSPS) is 12.0. The van der Waals surface area contributed by atoms with Crippen LogP contribution in [0.1, 0.15) is 33.3 Å². The maximum Gasteiger partial charge on any atom is 0.303 e. The molecule has 5 N–H and O–H groups in total. The molecule has 2 aromatic rings. The Kier molecular flexibility index (Phi) is 8.93. The van der Waals surface area contributed by atoms with Crippen LogP contribution in [0.2, 0.25) is 0 Å². The zero-order chi connectivity index (χ0) is 24.6. The van der Waals surface area contributed by atoms with Crippen LogP contribution in [0.3, 0.4) is 0 Å². The van der Waals surface area contributed by atoms with Gasteiger partial charge in [0.2, 0.25) is 11.8 Å². The molecule has 0 spiro atoms. The molecule has 2 rings (SSSR count). The lowest BCUT2D eigenvalue weighted by atomic mass is 10.0. The highest BCUT2D eigenvalue weighted by Gasteiger charge is 2.23. The first-order valence-corrected chi connectivity index (χ1v) is 10.6. The summed E-state index contributed by atoms with van der Waals surface area (Å²) in [6.45, 7) is 6.89. The minimum Gasteiger partial charge on any atom is -0.459 e. The minimum absolute atomic E-state index is 0.153. The van der Waals surface area contributed by atoms with Crippen LogP contribution in [0.5, 0.6) is 0 Å². The largest absolute Gasteiger partial charge is 0.459 e. The molecule has 0 unspecified atom stereocenters. The van der Waals surface area contributed by atoms with E-state index in [1.807, 2.05) is 24.3 Å². The molecule has 0 aliphatic rings. The van der Waals surface area contributed by atoms with Crippen molar-refractivity contribution in [3.8, 4) is 11.1 Å². The fraction of sp³-hybridized carbons (Fsp3) is 0.375. The molecular formula is C24H31FN4O4. The van der Waals surface area contributed by atoms with Crippen molar-refractivity contribution in [3.63, 3.8) is 0 Å². The van der Waals surface area contributed by atoms with Gasteiger partial charge in [-0.3, -0.25) is 19.7 Å². The Hall–Kier alpha value is -3.46. The fourth-order valence-corrected chi connectivity index (χ4v) is 2.95. The van der Waals surface area contributed by atoms with Gasteiger partial charge >= 0.3 is 5.97 Å². The molecule has 178 valence electrons. The van der Waals surface area contributed by atoms with E-state index < -0.39 is 29.3 Å². The molecule has 33 heavy (non-hydrogen) atoms. The van der Waals surface area contributed by atoms with Crippen molar-refractivity contribution in [2.45, 2.75) is 45.9 Å². The van der Waals surface area contributed by atoms with E-state index in [1.165, 1.54) is 19.9 Å². The molecule has 0 aliphatic heterocycles. The summed E-state index contributed by atoms with van der Waals surface area (Å²) in [5.74, 6) is -1.55. The first-order valence-electron chi connectivity index (χ1n) is 10.6. The van der Waals surface area contributed by atoms with E-state index in [-0.39, 0.29) is 19.0 Å². The lowest BCUT2D eigenvalue weighted by Crippen LogP contribution is -2.50. The summed E-state index contributed by atoms with van der Waals surface area (Å²) in [4.78, 5) is 33.8. The van der Waals surface area contributed by atoms with Crippen LogP contribution < -0.4 is 21.7 Å². The molecule has 1 atom stereocenters. The van der Waals surface area contributed by atoms with E-state index >= 15 is 0 Å². The molecule has 0 fully saturated rings. The van der Waals surface area contributed by atoms with Crippen LogP contribution in [0.15, 0.2) is 42.5 Å². The van der Waals surface area contributed by atoms with E-state index in [0.717, 1.165) is 5.56 Å². The van der Waals surface area contributed by atoms with E-state index in [4.69, 9.17) is 10.5 Å². The summed E-state index contributed by atoms with van der Waals surface area (Å²) in [5, 5.41) is 8.72. The molecule has 0 saturated carbocycles. The van der Waals surface area contributed by atoms with Crippen LogP contribution in [-0.2, 0) is 25.7 Å². The van der Waals surface area contributed by atoms with Crippen molar-refractivity contribution in [3.05, 3.63) is 53.8 Å². The summed E-state index contributed by atoms with van der Waals surface area (Å²) in [6.07, 6.45) is -0.588. The van der Waals surface area contributed by atoms with Crippen LogP contribution in [-0.4, -0.2) is 42.5 Å². The Labute approximate surface area is 193 Å². The molecular weight excluding hydrogens is 427 g/mol. The van der Waals surface area contributed by atoms with Gasteiger partial charge in [0, 0.05) is 31.6 Å². The Bertz CT molecular complexity index is 992. The highest BCUT2D eigenvalue weighted by Crippen LogP contribution is 2.26. The summed E-state index contributed by atoms with van der Waals surface area (Å²) < 4.78 is 19.9. The summed E-state index contributed by atoms with van der Waals surface area (Å²) in [5.41, 5.74) is 7.13. The lowest BCUT2D eigenvalue weighted by molar-refractivity contribution is -0.146. The van der Waals surface area contributed by atoms with E-state index in [0.29, 0.717) is 23.4 Å². The van der Waals surface area contributed by atoms with Gasteiger partial charge in [-0.25, -0.2) is 4.39 Å². The quantitative estimate of drug-likeness (QED) is 0.383. The molecule has 8 nitrogen and oxygen atoms in total. The number of rotatable bonds is 11. The molecule has 0 saturated heterocycles. The molecule has 0 aliphatic carbocycles. The number of carbonyl (C=O) groups is 3. The zero-order valence-electron chi connectivity index (χ0n) is 19.3. The van der Waals surface area contributed by atoms with Crippen LogP contribution >= 0.6 is 0 Å². The van der Waals surface area contributed by atoms with Gasteiger partial charge in [-0.2, -0.15) is 0 Å². The van der Waals surface area contributed by atoms with Crippen molar-refractivity contribution in [2.24, 2.45) is 5.73 Å². The van der Waals surface area contributed by atoms with Crippen molar-refractivity contribution >= 4 is 23.5 Å². The third kappa shape index (κ3) is 8.19. The Balaban J connectivity index is 2.02. The molecule has 2 amide bonds. The predicted octanol–water partition coefficient (Wildman–Crippen LogP) is 2.33. The van der Waals surface area contributed by atoms with Gasteiger partial charge < -0.3 is 21.1 Å². The maximum absolute atomic E-state index is 14.8. The average Bonchev–Trinajstić information content (AvgIpc) is 2.74. The number of hydrogen-bond acceptors (Lipinski definition) is 6. The van der Waals surface area contributed by atoms with Crippen molar-refractivity contribution in [1.82, 2.24) is 10.6 Å². The molecule has 2 aromatic carbocycles. The second kappa shape index (κ2) is 11.4.